The minimum Gasteiger partial charge on any atom is -0.481 e. The molecule has 1 unspecified atom stereocenters. The van der Waals surface area contributed by atoms with Crippen molar-refractivity contribution in [1.29, 1.82) is 0 Å². The van der Waals surface area contributed by atoms with E-state index in [0.29, 0.717) is 0 Å². The molecule has 3 rings (SSSR count). The Bertz CT molecular complexity index is 1010. The Labute approximate surface area is 194 Å². The molecule has 0 fully saturated rings. The topological polar surface area (TPSA) is 105 Å². The van der Waals surface area contributed by atoms with Gasteiger partial charge in [0.05, 0.1) is 6.42 Å². The molecule has 0 heterocycles. The van der Waals surface area contributed by atoms with Crippen molar-refractivity contribution >= 4 is 18.0 Å². The van der Waals surface area contributed by atoms with Crippen molar-refractivity contribution in [2.24, 2.45) is 0 Å². The molecular weight excluding hydrogens is 453 g/mol. The van der Waals surface area contributed by atoms with Gasteiger partial charge < -0.3 is 20.5 Å². The van der Waals surface area contributed by atoms with E-state index in [1.165, 1.54) is 0 Å². The fourth-order valence-corrected chi connectivity index (χ4v) is 4.00. The number of hydrogen-bond donors (Lipinski definition) is 3. The van der Waals surface area contributed by atoms with Gasteiger partial charge in [0.2, 0.25) is 5.91 Å². The van der Waals surface area contributed by atoms with Gasteiger partial charge in [0.15, 0.2) is 0 Å². The molecule has 2 amide bonds. The number of alkyl carbamates (subject to hydrolysis) is 1. The van der Waals surface area contributed by atoms with Crippen molar-refractivity contribution in [1.82, 2.24) is 10.6 Å². The quantitative estimate of drug-likeness (QED) is 0.501. The Balaban J connectivity index is 1.57. The number of carboxylic acids is 1. The molecular formula is C24H25F3N2O5. The third kappa shape index (κ3) is 6.06. The van der Waals surface area contributed by atoms with E-state index >= 15 is 0 Å². The van der Waals surface area contributed by atoms with Crippen LogP contribution in [0.15, 0.2) is 48.5 Å². The summed E-state index contributed by atoms with van der Waals surface area (Å²) in [6.45, 7) is 1.71. The predicted molar refractivity (Wildman–Crippen MR) is 117 cm³/mol. The van der Waals surface area contributed by atoms with Crippen molar-refractivity contribution in [3.05, 3.63) is 59.7 Å². The van der Waals surface area contributed by atoms with Crippen molar-refractivity contribution in [2.75, 3.05) is 6.61 Å². The van der Waals surface area contributed by atoms with Gasteiger partial charge in [0, 0.05) is 18.4 Å². The number of rotatable bonds is 9. The predicted octanol–water partition coefficient (Wildman–Crippen LogP) is 4.22. The van der Waals surface area contributed by atoms with Crippen LogP contribution >= 0.6 is 0 Å². The van der Waals surface area contributed by atoms with E-state index < -0.39 is 49.1 Å². The molecule has 7 nitrogen and oxygen atoms in total. The lowest BCUT2D eigenvalue weighted by Crippen LogP contribution is -2.48. The summed E-state index contributed by atoms with van der Waals surface area (Å²) in [6, 6.07) is 12.3. The number of carbonyl (C=O) groups is 3. The normalized spacial score (nSPS) is 14.5. The number of carboxylic acid groups (broad SMARTS) is 1. The van der Waals surface area contributed by atoms with Crippen LogP contribution in [0.5, 0.6) is 0 Å². The highest BCUT2D eigenvalue weighted by molar-refractivity contribution is 5.80. The Hall–Kier alpha value is -3.56. The molecule has 1 aliphatic rings. The average molecular weight is 478 g/mol. The van der Waals surface area contributed by atoms with Crippen molar-refractivity contribution in [2.45, 2.75) is 50.4 Å². The van der Waals surface area contributed by atoms with Crippen LogP contribution in [0, 0.1) is 0 Å². The van der Waals surface area contributed by atoms with Gasteiger partial charge in [-0.2, -0.15) is 13.2 Å². The zero-order valence-corrected chi connectivity index (χ0v) is 18.4. The highest BCUT2D eigenvalue weighted by atomic mass is 19.4. The maximum absolute atomic E-state index is 13.0. The maximum Gasteiger partial charge on any atom is 0.409 e. The second-order valence-electron chi connectivity index (χ2n) is 8.04. The van der Waals surface area contributed by atoms with Crippen molar-refractivity contribution < 1.29 is 37.4 Å². The molecule has 2 atom stereocenters. The van der Waals surface area contributed by atoms with Crippen LogP contribution in [0.2, 0.25) is 0 Å². The fourth-order valence-electron chi connectivity index (χ4n) is 4.00. The summed E-state index contributed by atoms with van der Waals surface area (Å²) in [4.78, 5) is 35.1. The number of alkyl halides is 3. The van der Waals surface area contributed by atoms with E-state index in [9.17, 15) is 27.6 Å². The van der Waals surface area contributed by atoms with Gasteiger partial charge in [-0.15, -0.1) is 0 Å². The van der Waals surface area contributed by atoms with E-state index in [2.05, 4.69) is 5.32 Å². The summed E-state index contributed by atoms with van der Waals surface area (Å²) in [5.74, 6) is -2.87. The van der Waals surface area contributed by atoms with E-state index in [4.69, 9.17) is 9.84 Å². The summed E-state index contributed by atoms with van der Waals surface area (Å²) in [7, 11) is 0. The lowest BCUT2D eigenvalue weighted by atomic mass is 9.98. The largest absolute Gasteiger partial charge is 0.481 e. The molecule has 10 heteroatoms. The molecule has 0 aromatic heterocycles. The molecule has 34 heavy (non-hydrogen) atoms. The van der Waals surface area contributed by atoms with E-state index in [1.54, 1.807) is 12.2 Å². The number of amides is 2. The fraction of sp³-hybridized carbons (Fsp3) is 0.375. The molecule has 0 saturated carbocycles. The first-order valence-electron chi connectivity index (χ1n) is 10.8. The van der Waals surface area contributed by atoms with Crippen LogP contribution < -0.4 is 10.6 Å². The SMILES string of the molecule is CC[C@@H](CC(=O)NC(CC(=O)O)C(F)(F)F)NC(=O)OCC1c2ccccc2-c2ccccc21. The van der Waals surface area contributed by atoms with Crippen LogP contribution in [0.25, 0.3) is 11.1 Å². The third-order valence-corrected chi connectivity index (χ3v) is 5.70. The van der Waals surface area contributed by atoms with Crippen LogP contribution in [-0.4, -0.2) is 47.9 Å². The number of fused-ring (bicyclic) bond motifs is 3. The Morgan fingerprint density at radius 2 is 1.53 bits per heavy atom. The maximum atomic E-state index is 13.0. The minimum absolute atomic E-state index is 0.0528. The van der Waals surface area contributed by atoms with Gasteiger partial charge in [-0.25, -0.2) is 4.79 Å². The van der Waals surface area contributed by atoms with Gasteiger partial charge in [-0.05, 0) is 28.7 Å². The highest BCUT2D eigenvalue weighted by Crippen LogP contribution is 2.44. The zero-order chi connectivity index (χ0) is 24.9. The molecule has 2 aromatic carbocycles. The van der Waals surface area contributed by atoms with E-state index in [0.717, 1.165) is 22.3 Å². The van der Waals surface area contributed by atoms with Gasteiger partial charge >= 0.3 is 18.2 Å². The van der Waals surface area contributed by atoms with Crippen LogP contribution in [-0.2, 0) is 14.3 Å². The molecule has 0 spiro atoms. The molecule has 0 radical (unpaired) electrons. The minimum atomic E-state index is -4.91. The molecule has 2 aromatic rings. The van der Waals surface area contributed by atoms with Crippen molar-refractivity contribution in [3.63, 3.8) is 0 Å². The zero-order valence-electron chi connectivity index (χ0n) is 18.4. The standard InChI is InChI=1S/C24H25F3N2O5/c1-2-14(11-21(30)29-20(12-22(31)32)24(25,26)27)28-23(33)34-13-19-17-9-5-3-7-15(17)16-8-4-6-10-18(16)19/h3-10,14,19-20H,2,11-13H2,1H3,(H,28,33)(H,29,30)(H,31,32)/t14-,20?/m0/s1. The molecule has 0 bridgehead atoms. The van der Waals surface area contributed by atoms with Gasteiger partial charge in [-0.3, -0.25) is 9.59 Å². The first kappa shape index (κ1) is 25.1. The molecule has 182 valence electrons. The van der Waals surface area contributed by atoms with E-state index in [-0.39, 0.29) is 18.9 Å². The first-order valence-corrected chi connectivity index (χ1v) is 10.8. The number of ether oxygens (including phenoxy) is 1. The van der Waals surface area contributed by atoms with Gasteiger partial charge in [0.25, 0.3) is 0 Å². The third-order valence-electron chi connectivity index (χ3n) is 5.70. The van der Waals surface area contributed by atoms with Crippen LogP contribution in [0.1, 0.15) is 43.2 Å². The van der Waals surface area contributed by atoms with Gasteiger partial charge in [-0.1, -0.05) is 55.5 Å². The lowest BCUT2D eigenvalue weighted by Gasteiger charge is -2.22. The summed E-state index contributed by atoms with van der Waals surface area (Å²) in [5.41, 5.74) is 4.19. The number of benzene rings is 2. The number of nitrogens with one attached hydrogen (secondary N) is 2. The molecule has 3 N–H and O–H groups in total. The monoisotopic (exact) mass is 478 g/mol. The molecule has 0 aliphatic heterocycles. The summed E-state index contributed by atoms with van der Waals surface area (Å²) < 4.78 is 44.3. The average Bonchev–Trinajstić information content (AvgIpc) is 3.09. The molecule has 0 saturated heterocycles. The number of carbonyl (C=O) groups excluding carboxylic acids is 2. The first-order chi connectivity index (χ1) is 16.1. The highest BCUT2D eigenvalue weighted by Gasteiger charge is 2.42. The summed E-state index contributed by atoms with van der Waals surface area (Å²) in [6.07, 6.45) is -7.18. The van der Waals surface area contributed by atoms with Crippen LogP contribution in [0.3, 0.4) is 0 Å². The second-order valence-corrected chi connectivity index (χ2v) is 8.04. The molecule has 1 aliphatic carbocycles. The number of hydrogen-bond acceptors (Lipinski definition) is 4. The Kier molecular flexibility index (Phi) is 7.80. The lowest BCUT2D eigenvalue weighted by molar-refractivity contribution is -0.170. The number of aliphatic carboxylic acids is 1. The smallest absolute Gasteiger partial charge is 0.409 e. The van der Waals surface area contributed by atoms with Gasteiger partial charge in [0.1, 0.15) is 12.6 Å². The number of halogens is 3. The Morgan fingerprint density at radius 3 is 2.03 bits per heavy atom. The summed E-state index contributed by atoms with van der Waals surface area (Å²) >= 11 is 0. The van der Waals surface area contributed by atoms with Crippen LogP contribution in [0.4, 0.5) is 18.0 Å². The van der Waals surface area contributed by atoms with Crippen molar-refractivity contribution in [3.8, 4) is 11.1 Å². The second kappa shape index (κ2) is 10.6. The summed E-state index contributed by atoms with van der Waals surface area (Å²) in [5, 5.41) is 12.8. The van der Waals surface area contributed by atoms with E-state index in [1.807, 2.05) is 48.5 Å². The Morgan fingerprint density at radius 1 is 0.971 bits per heavy atom.